The van der Waals surface area contributed by atoms with Crippen molar-refractivity contribution in [1.82, 2.24) is 9.88 Å². The Morgan fingerprint density at radius 1 is 1.06 bits per heavy atom. The number of nitrogens with one attached hydrogen (secondary N) is 1. The molecule has 3 N–H and O–H groups in total. The molecule has 6 heteroatoms. The number of nitrogens with zero attached hydrogens (tertiary/aromatic N) is 1. The number of fused-ring (bicyclic) bond motifs is 1. The fourth-order valence-corrected chi connectivity index (χ4v) is 4.49. The zero-order chi connectivity index (χ0) is 22.5. The molecule has 32 heavy (non-hydrogen) atoms. The number of pyridine rings is 1. The minimum absolute atomic E-state index is 0.214. The van der Waals surface area contributed by atoms with Gasteiger partial charge < -0.3 is 20.0 Å². The molecule has 2 aromatic carbocycles. The molecule has 1 aliphatic carbocycles. The van der Waals surface area contributed by atoms with Crippen molar-refractivity contribution in [2.75, 3.05) is 7.05 Å². The van der Waals surface area contributed by atoms with E-state index in [0.29, 0.717) is 27.9 Å². The zero-order valence-electron chi connectivity index (χ0n) is 18.1. The first-order valence-electron chi connectivity index (χ1n) is 10.8. The van der Waals surface area contributed by atoms with Gasteiger partial charge in [0.05, 0.1) is 10.9 Å². The Kier molecular flexibility index (Phi) is 4.75. The fourth-order valence-electron chi connectivity index (χ4n) is 4.49. The Morgan fingerprint density at radius 2 is 1.75 bits per heavy atom. The predicted molar refractivity (Wildman–Crippen MR) is 125 cm³/mol. The maximum Gasteiger partial charge on any atom is 0.262 e. The Hall–Kier alpha value is -3.64. The third kappa shape index (κ3) is 3.07. The SMILES string of the molecule is CNC(=O)c1cn(C)c(=O)c2c(-c3ccccc3)c(-c3ccc(C4(N)CCC4)cc3)oc12. The van der Waals surface area contributed by atoms with Gasteiger partial charge in [-0.2, -0.15) is 0 Å². The molecular formula is C26H25N3O3. The van der Waals surface area contributed by atoms with Crippen molar-refractivity contribution < 1.29 is 9.21 Å². The number of rotatable bonds is 4. The van der Waals surface area contributed by atoms with Crippen LogP contribution in [0.15, 0.2) is 70.0 Å². The van der Waals surface area contributed by atoms with E-state index >= 15 is 0 Å². The van der Waals surface area contributed by atoms with Crippen molar-refractivity contribution in [2.24, 2.45) is 12.8 Å². The lowest BCUT2D eigenvalue weighted by Gasteiger charge is -2.38. The molecule has 2 heterocycles. The highest BCUT2D eigenvalue weighted by molar-refractivity contribution is 6.10. The van der Waals surface area contributed by atoms with Gasteiger partial charge in [0.25, 0.3) is 11.5 Å². The third-order valence-electron chi connectivity index (χ3n) is 6.51. The summed E-state index contributed by atoms with van der Waals surface area (Å²) in [6.07, 6.45) is 4.63. The number of nitrogens with two attached hydrogens (primary N) is 1. The molecule has 4 aromatic rings. The largest absolute Gasteiger partial charge is 0.454 e. The van der Waals surface area contributed by atoms with E-state index < -0.39 is 0 Å². The van der Waals surface area contributed by atoms with Gasteiger partial charge in [0, 0.05) is 37.0 Å². The molecule has 0 spiro atoms. The first-order valence-corrected chi connectivity index (χ1v) is 10.8. The summed E-state index contributed by atoms with van der Waals surface area (Å²) in [4.78, 5) is 25.8. The van der Waals surface area contributed by atoms with E-state index in [4.69, 9.17) is 10.2 Å². The summed E-state index contributed by atoms with van der Waals surface area (Å²) < 4.78 is 7.72. The van der Waals surface area contributed by atoms with E-state index in [1.54, 1.807) is 14.1 Å². The molecule has 0 radical (unpaired) electrons. The molecule has 0 saturated heterocycles. The first-order chi connectivity index (χ1) is 15.4. The molecule has 0 atom stereocenters. The number of aromatic nitrogens is 1. The van der Waals surface area contributed by atoms with E-state index in [1.165, 1.54) is 10.8 Å². The summed E-state index contributed by atoms with van der Waals surface area (Å²) >= 11 is 0. The normalized spacial score (nSPS) is 14.8. The van der Waals surface area contributed by atoms with Crippen LogP contribution in [0.5, 0.6) is 0 Å². The second kappa shape index (κ2) is 7.50. The lowest BCUT2D eigenvalue weighted by Crippen LogP contribution is -2.43. The summed E-state index contributed by atoms with van der Waals surface area (Å²) in [5.74, 6) is 0.252. The molecule has 5 rings (SSSR count). The highest BCUT2D eigenvalue weighted by atomic mass is 16.3. The van der Waals surface area contributed by atoms with Crippen molar-refractivity contribution in [3.05, 3.63) is 82.3 Å². The molecule has 1 fully saturated rings. The van der Waals surface area contributed by atoms with Crippen LogP contribution in [0.2, 0.25) is 0 Å². The van der Waals surface area contributed by atoms with Gasteiger partial charge in [-0.25, -0.2) is 0 Å². The van der Waals surface area contributed by atoms with Crippen molar-refractivity contribution >= 4 is 16.9 Å². The average molecular weight is 428 g/mol. The van der Waals surface area contributed by atoms with Crippen molar-refractivity contribution in [2.45, 2.75) is 24.8 Å². The van der Waals surface area contributed by atoms with Crippen LogP contribution < -0.4 is 16.6 Å². The number of carbonyl (C=O) groups is 1. The number of aryl methyl sites for hydroxylation is 1. The minimum atomic E-state index is -0.309. The van der Waals surface area contributed by atoms with Crippen LogP contribution in [0.1, 0.15) is 35.2 Å². The molecule has 2 aromatic heterocycles. The van der Waals surface area contributed by atoms with Gasteiger partial charge in [-0.05, 0) is 30.4 Å². The van der Waals surface area contributed by atoms with Crippen LogP contribution >= 0.6 is 0 Å². The van der Waals surface area contributed by atoms with Crippen LogP contribution in [-0.2, 0) is 12.6 Å². The number of hydrogen-bond donors (Lipinski definition) is 2. The van der Waals surface area contributed by atoms with Gasteiger partial charge in [-0.15, -0.1) is 0 Å². The standard InChI is InChI=1S/C26H25N3O3/c1-28-24(30)19-15-29(2)25(31)21-20(16-7-4-3-5-8-16)22(32-23(19)21)17-9-11-18(12-10-17)26(27)13-6-14-26/h3-5,7-12,15H,6,13-14,27H2,1-2H3,(H,28,30). The molecule has 0 aliphatic heterocycles. The molecule has 0 bridgehead atoms. The number of hydrogen-bond acceptors (Lipinski definition) is 4. The Labute approximate surface area is 185 Å². The fraction of sp³-hybridized carbons (Fsp3) is 0.231. The second-order valence-corrected chi connectivity index (χ2v) is 8.50. The van der Waals surface area contributed by atoms with Crippen molar-refractivity contribution in [3.8, 4) is 22.5 Å². The van der Waals surface area contributed by atoms with E-state index in [1.807, 2.05) is 54.6 Å². The molecule has 1 amide bonds. The van der Waals surface area contributed by atoms with Gasteiger partial charge in [0.1, 0.15) is 5.76 Å². The summed E-state index contributed by atoms with van der Waals surface area (Å²) in [5, 5.41) is 3.03. The van der Waals surface area contributed by atoms with Crippen LogP contribution in [0.3, 0.4) is 0 Å². The molecular weight excluding hydrogens is 402 g/mol. The molecule has 162 valence electrons. The van der Waals surface area contributed by atoms with Gasteiger partial charge in [0.2, 0.25) is 0 Å². The van der Waals surface area contributed by atoms with E-state index in [0.717, 1.165) is 36.0 Å². The van der Waals surface area contributed by atoms with Gasteiger partial charge in [-0.3, -0.25) is 9.59 Å². The maximum absolute atomic E-state index is 13.2. The predicted octanol–water partition coefficient (Wildman–Crippen LogP) is 4.16. The van der Waals surface area contributed by atoms with Crippen LogP contribution in [0.4, 0.5) is 0 Å². The van der Waals surface area contributed by atoms with Crippen LogP contribution in [0, 0.1) is 0 Å². The zero-order valence-corrected chi connectivity index (χ0v) is 18.1. The molecule has 0 unspecified atom stereocenters. The number of furan rings is 1. The summed E-state index contributed by atoms with van der Waals surface area (Å²) in [6.45, 7) is 0. The average Bonchev–Trinajstić information content (AvgIpc) is 3.21. The topological polar surface area (TPSA) is 90.3 Å². The van der Waals surface area contributed by atoms with Crippen molar-refractivity contribution in [3.63, 3.8) is 0 Å². The van der Waals surface area contributed by atoms with Gasteiger partial charge in [-0.1, -0.05) is 54.6 Å². The molecule has 6 nitrogen and oxygen atoms in total. The minimum Gasteiger partial charge on any atom is -0.454 e. The van der Waals surface area contributed by atoms with Crippen LogP contribution in [-0.4, -0.2) is 17.5 Å². The number of carbonyl (C=O) groups excluding carboxylic acids is 1. The van der Waals surface area contributed by atoms with E-state index in [9.17, 15) is 9.59 Å². The lowest BCUT2D eigenvalue weighted by molar-refractivity contribution is 0.0963. The number of amides is 1. The lowest BCUT2D eigenvalue weighted by atomic mass is 9.72. The third-order valence-corrected chi connectivity index (χ3v) is 6.51. The summed E-state index contributed by atoms with van der Waals surface area (Å²) in [5.41, 5.74) is 10.1. The van der Waals surface area contributed by atoms with Crippen LogP contribution in [0.25, 0.3) is 33.4 Å². The highest BCUT2D eigenvalue weighted by Crippen LogP contribution is 2.42. The first kappa shape index (κ1) is 20.3. The Morgan fingerprint density at radius 3 is 2.34 bits per heavy atom. The monoisotopic (exact) mass is 427 g/mol. The Bertz CT molecular complexity index is 1380. The Balaban J connectivity index is 1.80. The highest BCUT2D eigenvalue weighted by Gasteiger charge is 2.34. The smallest absolute Gasteiger partial charge is 0.262 e. The van der Waals surface area contributed by atoms with E-state index in [2.05, 4.69) is 5.32 Å². The maximum atomic E-state index is 13.2. The number of benzene rings is 2. The molecule has 1 aliphatic rings. The summed E-state index contributed by atoms with van der Waals surface area (Å²) in [6, 6.07) is 17.7. The second-order valence-electron chi connectivity index (χ2n) is 8.50. The van der Waals surface area contributed by atoms with Gasteiger partial charge in [0.15, 0.2) is 5.58 Å². The van der Waals surface area contributed by atoms with Crippen molar-refractivity contribution in [1.29, 1.82) is 0 Å². The van der Waals surface area contributed by atoms with E-state index in [-0.39, 0.29) is 17.0 Å². The summed E-state index contributed by atoms with van der Waals surface area (Å²) in [7, 11) is 3.20. The quantitative estimate of drug-likeness (QED) is 0.512. The molecule has 1 saturated carbocycles. The van der Waals surface area contributed by atoms with Gasteiger partial charge >= 0.3 is 0 Å².